The number of fused-ring (bicyclic) bond motifs is 1. The summed E-state index contributed by atoms with van der Waals surface area (Å²) in [6, 6.07) is 8.86. The van der Waals surface area contributed by atoms with E-state index in [0.717, 1.165) is 24.3 Å². The van der Waals surface area contributed by atoms with E-state index in [1.54, 1.807) is 7.05 Å². The van der Waals surface area contributed by atoms with E-state index in [4.69, 9.17) is 0 Å². The molecule has 4 rings (SSSR count). The number of amides is 1. The number of hydrogen-bond donors (Lipinski definition) is 1. The largest absolute Gasteiger partial charge is 0.416 e. The first-order valence-corrected chi connectivity index (χ1v) is 9.36. The normalized spacial score (nSPS) is 11.7. The zero-order valence-corrected chi connectivity index (χ0v) is 16.5. The first-order chi connectivity index (χ1) is 15.1. The van der Waals surface area contributed by atoms with Gasteiger partial charge >= 0.3 is 6.18 Å². The number of benzene rings is 2. The van der Waals surface area contributed by atoms with Gasteiger partial charge in [0.05, 0.1) is 28.4 Å². The molecular weight excluding hydrogens is 431 g/mol. The standard InChI is InChI=1S/C22H15F5N4O/c1-31-20-17(11-29-31)16(21(32)28-10-13-4-7-15(23)8-18(13)24)9-19(30-20)12-2-5-14(6-3-12)22(25,26)27/h2-9,11H,10H2,1H3,(H,28,32). The summed E-state index contributed by atoms with van der Waals surface area (Å²) in [6.45, 7) is -0.190. The molecule has 0 saturated carbocycles. The van der Waals surface area contributed by atoms with Gasteiger partial charge in [-0.25, -0.2) is 13.8 Å². The Labute approximate surface area is 178 Å². The number of hydrogen-bond acceptors (Lipinski definition) is 3. The minimum Gasteiger partial charge on any atom is -0.348 e. The molecule has 0 bridgehead atoms. The van der Waals surface area contributed by atoms with Crippen LogP contribution < -0.4 is 5.32 Å². The van der Waals surface area contributed by atoms with Crippen LogP contribution in [0.1, 0.15) is 21.5 Å². The van der Waals surface area contributed by atoms with Gasteiger partial charge < -0.3 is 5.32 Å². The summed E-state index contributed by atoms with van der Waals surface area (Å²) in [7, 11) is 1.61. The summed E-state index contributed by atoms with van der Waals surface area (Å²) >= 11 is 0. The number of carbonyl (C=O) groups excluding carboxylic acids is 1. The molecule has 0 fully saturated rings. The molecule has 0 unspecified atom stereocenters. The van der Waals surface area contributed by atoms with Crippen molar-refractivity contribution in [2.45, 2.75) is 12.7 Å². The number of nitrogens with one attached hydrogen (secondary N) is 1. The van der Waals surface area contributed by atoms with Gasteiger partial charge in [-0.05, 0) is 24.3 Å². The average molecular weight is 446 g/mol. The topological polar surface area (TPSA) is 59.8 Å². The highest BCUT2D eigenvalue weighted by Crippen LogP contribution is 2.31. The van der Waals surface area contributed by atoms with E-state index in [1.807, 2.05) is 0 Å². The SMILES string of the molecule is Cn1ncc2c(C(=O)NCc3ccc(F)cc3F)cc(-c3ccc(C(F)(F)F)cc3)nc21. The molecule has 0 saturated heterocycles. The number of alkyl halides is 3. The van der Waals surface area contributed by atoms with Gasteiger partial charge in [0.25, 0.3) is 5.91 Å². The molecule has 0 radical (unpaired) electrons. The Balaban J connectivity index is 1.68. The molecule has 0 aliphatic heterocycles. The Hall–Kier alpha value is -3.82. The molecule has 10 heteroatoms. The van der Waals surface area contributed by atoms with Crippen LogP contribution in [0, 0.1) is 11.6 Å². The van der Waals surface area contributed by atoms with Crippen molar-refractivity contribution in [3.8, 4) is 11.3 Å². The van der Waals surface area contributed by atoms with Crippen molar-refractivity contribution in [1.29, 1.82) is 0 Å². The Morgan fingerprint density at radius 3 is 2.44 bits per heavy atom. The van der Waals surface area contributed by atoms with Crippen molar-refractivity contribution in [3.63, 3.8) is 0 Å². The van der Waals surface area contributed by atoms with Crippen LogP contribution >= 0.6 is 0 Å². The second kappa shape index (κ2) is 8.03. The second-order valence-corrected chi connectivity index (χ2v) is 7.05. The van der Waals surface area contributed by atoms with E-state index in [9.17, 15) is 26.7 Å². The molecule has 0 spiro atoms. The monoisotopic (exact) mass is 446 g/mol. The number of carbonyl (C=O) groups is 1. The lowest BCUT2D eigenvalue weighted by molar-refractivity contribution is -0.137. The molecule has 32 heavy (non-hydrogen) atoms. The lowest BCUT2D eigenvalue weighted by Crippen LogP contribution is -2.23. The number of aromatic nitrogens is 3. The molecule has 0 atom stereocenters. The third-order valence-corrected chi connectivity index (χ3v) is 4.91. The molecule has 2 aromatic heterocycles. The Kier molecular flexibility index (Phi) is 5.37. The molecule has 0 aliphatic rings. The summed E-state index contributed by atoms with van der Waals surface area (Å²) in [5.74, 6) is -2.09. The maximum atomic E-state index is 13.9. The molecule has 2 aromatic carbocycles. The van der Waals surface area contributed by atoms with Crippen molar-refractivity contribution in [1.82, 2.24) is 20.1 Å². The molecule has 4 aromatic rings. The number of nitrogens with zero attached hydrogens (tertiary/aromatic N) is 3. The van der Waals surface area contributed by atoms with Gasteiger partial charge in [-0.1, -0.05) is 18.2 Å². The minimum absolute atomic E-state index is 0.0965. The molecular formula is C22H15F5N4O. The quantitative estimate of drug-likeness (QED) is 0.456. The van der Waals surface area contributed by atoms with Crippen molar-refractivity contribution in [2.24, 2.45) is 7.05 Å². The van der Waals surface area contributed by atoms with Crippen LogP contribution in [-0.2, 0) is 19.8 Å². The lowest BCUT2D eigenvalue weighted by Gasteiger charge is -2.11. The summed E-state index contributed by atoms with van der Waals surface area (Å²) in [5, 5.41) is 7.07. The highest BCUT2D eigenvalue weighted by atomic mass is 19.4. The molecule has 164 valence electrons. The zero-order valence-electron chi connectivity index (χ0n) is 16.5. The molecule has 5 nitrogen and oxygen atoms in total. The highest BCUT2D eigenvalue weighted by molar-refractivity contribution is 6.06. The molecule has 1 N–H and O–H groups in total. The van der Waals surface area contributed by atoms with E-state index in [2.05, 4.69) is 15.4 Å². The summed E-state index contributed by atoms with van der Waals surface area (Å²) in [5.41, 5.74) is 0.454. The number of aryl methyl sites for hydroxylation is 1. The van der Waals surface area contributed by atoms with Crippen LogP contribution in [0.5, 0.6) is 0 Å². The van der Waals surface area contributed by atoms with E-state index >= 15 is 0 Å². The molecule has 1 amide bonds. The smallest absolute Gasteiger partial charge is 0.348 e. The van der Waals surface area contributed by atoms with Gasteiger partial charge in [0.2, 0.25) is 0 Å². The Bertz CT molecular complexity index is 1310. The summed E-state index contributed by atoms with van der Waals surface area (Å²) < 4.78 is 67.0. The number of rotatable bonds is 4. The van der Waals surface area contributed by atoms with Gasteiger partial charge in [0, 0.05) is 30.8 Å². The fraction of sp³-hybridized carbons (Fsp3) is 0.136. The third kappa shape index (κ3) is 4.16. The van der Waals surface area contributed by atoms with Crippen molar-refractivity contribution < 1.29 is 26.7 Å². The van der Waals surface area contributed by atoms with Gasteiger partial charge in [0.1, 0.15) is 11.6 Å². The van der Waals surface area contributed by atoms with Gasteiger partial charge in [-0.15, -0.1) is 0 Å². The fourth-order valence-corrected chi connectivity index (χ4v) is 3.22. The predicted octanol–water partition coefficient (Wildman–Crippen LogP) is 4.86. The van der Waals surface area contributed by atoms with Crippen LogP contribution in [0.25, 0.3) is 22.3 Å². The van der Waals surface area contributed by atoms with Crippen LogP contribution in [-0.4, -0.2) is 20.7 Å². The maximum absolute atomic E-state index is 13.9. The first kappa shape index (κ1) is 21.4. The van der Waals surface area contributed by atoms with Crippen LogP contribution in [0.4, 0.5) is 22.0 Å². The summed E-state index contributed by atoms with van der Waals surface area (Å²) in [4.78, 5) is 17.3. The van der Waals surface area contributed by atoms with Gasteiger partial charge in [-0.3, -0.25) is 9.48 Å². The highest BCUT2D eigenvalue weighted by Gasteiger charge is 2.30. The van der Waals surface area contributed by atoms with Crippen molar-refractivity contribution >= 4 is 16.9 Å². The second-order valence-electron chi connectivity index (χ2n) is 7.05. The Morgan fingerprint density at radius 1 is 1.06 bits per heavy atom. The number of halogens is 5. The minimum atomic E-state index is -4.47. The molecule has 2 heterocycles. The summed E-state index contributed by atoms with van der Waals surface area (Å²) in [6.07, 6.45) is -3.04. The lowest BCUT2D eigenvalue weighted by atomic mass is 10.0. The van der Waals surface area contributed by atoms with E-state index in [0.29, 0.717) is 16.6 Å². The third-order valence-electron chi connectivity index (χ3n) is 4.91. The van der Waals surface area contributed by atoms with Crippen LogP contribution in [0.3, 0.4) is 0 Å². The van der Waals surface area contributed by atoms with E-state index < -0.39 is 29.3 Å². The zero-order chi connectivity index (χ0) is 23.0. The van der Waals surface area contributed by atoms with E-state index in [1.165, 1.54) is 35.1 Å². The Morgan fingerprint density at radius 2 is 1.78 bits per heavy atom. The average Bonchev–Trinajstić information content (AvgIpc) is 3.12. The van der Waals surface area contributed by atoms with Crippen molar-refractivity contribution in [3.05, 3.63) is 83.1 Å². The molecule has 0 aliphatic carbocycles. The van der Waals surface area contributed by atoms with Crippen molar-refractivity contribution in [2.75, 3.05) is 0 Å². The van der Waals surface area contributed by atoms with Gasteiger partial charge in [0.15, 0.2) is 5.65 Å². The number of pyridine rings is 1. The van der Waals surface area contributed by atoms with Crippen LogP contribution in [0.2, 0.25) is 0 Å². The first-order valence-electron chi connectivity index (χ1n) is 9.36. The predicted molar refractivity (Wildman–Crippen MR) is 106 cm³/mol. The maximum Gasteiger partial charge on any atom is 0.416 e. The fourth-order valence-electron chi connectivity index (χ4n) is 3.22. The van der Waals surface area contributed by atoms with Crippen LogP contribution in [0.15, 0.2) is 54.7 Å². The van der Waals surface area contributed by atoms with Gasteiger partial charge in [-0.2, -0.15) is 18.3 Å². The van der Waals surface area contributed by atoms with E-state index in [-0.39, 0.29) is 23.4 Å².